The van der Waals surface area contributed by atoms with Crippen LogP contribution in [0.4, 0.5) is 5.69 Å². The number of carbonyl (C=O) groups excluding carboxylic acids is 3. The van der Waals surface area contributed by atoms with Crippen LogP contribution in [0.1, 0.15) is 34.6 Å². The summed E-state index contributed by atoms with van der Waals surface area (Å²) in [4.78, 5) is 36.8. The van der Waals surface area contributed by atoms with Gasteiger partial charge in [-0.1, -0.05) is 0 Å². The van der Waals surface area contributed by atoms with Gasteiger partial charge in [-0.25, -0.2) is 8.42 Å². The Labute approximate surface area is 172 Å². The highest BCUT2D eigenvalue weighted by molar-refractivity contribution is 7.89. The molecule has 1 N–H and O–H groups in total. The summed E-state index contributed by atoms with van der Waals surface area (Å²) in [5, 5.41) is 2.54. The molecule has 0 saturated carbocycles. The molecule has 0 aliphatic heterocycles. The smallest absolute Gasteiger partial charge is 0.321 e. The van der Waals surface area contributed by atoms with Gasteiger partial charge in [0.15, 0.2) is 6.61 Å². The van der Waals surface area contributed by atoms with Crippen molar-refractivity contribution in [3.05, 3.63) is 24.3 Å². The second kappa shape index (κ2) is 10.4. The summed E-state index contributed by atoms with van der Waals surface area (Å²) in [6.07, 6.45) is 0. The van der Waals surface area contributed by atoms with Gasteiger partial charge in [-0.3, -0.25) is 14.4 Å². The third kappa shape index (κ3) is 7.13. The van der Waals surface area contributed by atoms with Crippen LogP contribution in [0.3, 0.4) is 0 Å². The lowest BCUT2D eigenvalue weighted by molar-refractivity contribution is -0.153. The standard InChI is InChI=1S/C19H29N3O6S/c1-13(2)22(14(3)4)18(24)12-28-19(25)11-21(6)29(26,27)17-9-7-16(8-10-17)20-15(5)23/h7-10,13-14H,11-12H2,1-6H3,(H,20,23). The van der Waals surface area contributed by atoms with Crippen molar-refractivity contribution in [1.82, 2.24) is 9.21 Å². The van der Waals surface area contributed by atoms with Crippen LogP contribution in [-0.2, 0) is 29.1 Å². The first-order valence-electron chi connectivity index (χ1n) is 9.17. The SMILES string of the molecule is CC(=O)Nc1ccc(S(=O)(=O)N(C)CC(=O)OCC(=O)N(C(C)C)C(C)C)cc1. The molecular weight excluding hydrogens is 398 g/mol. The molecule has 0 unspecified atom stereocenters. The average molecular weight is 428 g/mol. The van der Waals surface area contributed by atoms with Crippen LogP contribution in [0.25, 0.3) is 0 Å². The van der Waals surface area contributed by atoms with Crippen LogP contribution in [0.5, 0.6) is 0 Å². The maximum atomic E-state index is 12.6. The number of nitrogens with one attached hydrogen (secondary N) is 1. The topological polar surface area (TPSA) is 113 Å². The lowest BCUT2D eigenvalue weighted by atomic mass is 10.2. The highest BCUT2D eigenvalue weighted by atomic mass is 32.2. The van der Waals surface area contributed by atoms with Crippen molar-refractivity contribution in [3.63, 3.8) is 0 Å². The fraction of sp³-hybridized carbons (Fsp3) is 0.526. The van der Waals surface area contributed by atoms with Gasteiger partial charge in [0.25, 0.3) is 5.91 Å². The molecule has 0 aliphatic rings. The van der Waals surface area contributed by atoms with Gasteiger partial charge >= 0.3 is 5.97 Å². The summed E-state index contributed by atoms with van der Waals surface area (Å²) in [6, 6.07) is 5.45. The maximum Gasteiger partial charge on any atom is 0.321 e. The van der Waals surface area contributed by atoms with Crippen molar-refractivity contribution < 1.29 is 27.5 Å². The molecule has 1 aromatic carbocycles. The first-order chi connectivity index (χ1) is 13.4. The Kier molecular flexibility index (Phi) is 8.78. The van der Waals surface area contributed by atoms with Crippen molar-refractivity contribution in [2.75, 3.05) is 25.5 Å². The van der Waals surface area contributed by atoms with Crippen LogP contribution < -0.4 is 5.32 Å². The van der Waals surface area contributed by atoms with E-state index >= 15 is 0 Å². The van der Waals surface area contributed by atoms with E-state index in [9.17, 15) is 22.8 Å². The molecule has 0 heterocycles. The van der Waals surface area contributed by atoms with E-state index in [2.05, 4.69) is 5.32 Å². The zero-order valence-electron chi connectivity index (χ0n) is 17.6. The van der Waals surface area contributed by atoms with Crippen LogP contribution in [0.2, 0.25) is 0 Å². The number of ether oxygens (including phenoxy) is 1. The quantitative estimate of drug-likeness (QED) is 0.597. The molecule has 0 atom stereocenters. The molecule has 1 rings (SSSR count). The van der Waals surface area contributed by atoms with Gasteiger partial charge in [0.1, 0.15) is 6.54 Å². The van der Waals surface area contributed by atoms with Gasteiger partial charge in [-0.15, -0.1) is 0 Å². The third-order valence-electron chi connectivity index (χ3n) is 3.99. The molecule has 0 aliphatic carbocycles. The summed E-state index contributed by atoms with van der Waals surface area (Å²) in [7, 11) is -2.69. The number of sulfonamides is 1. The number of anilines is 1. The van der Waals surface area contributed by atoms with Gasteiger partial charge in [0.2, 0.25) is 15.9 Å². The van der Waals surface area contributed by atoms with E-state index in [1.165, 1.54) is 38.2 Å². The number of amides is 2. The number of hydrogen-bond donors (Lipinski definition) is 1. The number of benzene rings is 1. The zero-order valence-corrected chi connectivity index (χ0v) is 18.4. The number of carbonyl (C=O) groups is 3. The predicted molar refractivity (Wildman–Crippen MR) is 109 cm³/mol. The third-order valence-corrected chi connectivity index (χ3v) is 5.81. The molecule has 0 aromatic heterocycles. The lowest BCUT2D eigenvalue weighted by Crippen LogP contribution is -2.44. The monoisotopic (exact) mass is 427 g/mol. The van der Waals surface area contributed by atoms with Crippen molar-refractivity contribution in [1.29, 1.82) is 0 Å². The van der Waals surface area contributed by atoms with E-state index in [0.29, 0.717) is 5.69 Å². The van der Waals surface area contributed by atoms with Crippen LogP contribution in [0.15, 0.2) is 29.2 Å². The van der Waals surface area contributed by atoms with Gasteiger partial charge in [-0.2, -0.15) is 4.31 Å². The van der Waals surface area contributed by atoms with Gasteiger partial charge in [0, 0.05) is 31.7 Å². The minimum Gasteiger partial charge on any atom is -0.455 e. The van der Waals surface area contributed by atoms with E-state index in [-0.39, 0.29) is 28.8 Å². The Morgan fingerprint density at radius 2 is 1.55 bits per heavy atom. The van der Waals surface area contributed by atoms with Crippen molar-refractivity contribution >= 4 is 33.5 Å². The number of likely N-dealkylation sites (N-methyl/N-ethyl adjacent to an activating group) is 1. The summed E-state index contributed by atoms with van der Waals surface area (Å²) < 4.78 is 31.0. The second-order valence-corrected chi connectivity index (χ2v) is 9.16. The highest BCUT2D eigenvalue weighted by Gasteiger charge is 2.25. The van der Waals surface area contributed by atoms with Crippen LogP contribution in [-0.4, -0.2) is 67.7 Å². The van der Waals surface area contributed by atoms with Crippen molar-refractivity contribution in [2.45, 2.75) is 51.6 Å². The largest absolute Gasteiger partial charge is 0.455 e. The Bertz CT molecular complexity index is 826. The fourth-order valence-corrected chi connectivity index (χ4v) is 3.91. The predicted octanol–water partition coefficient (Wildman–Crippen LogP) is 1.45. The lowest BCUT2D eigenvalue weighted by Gasteiger charge is -2.30. The Hall–Kier alpha value is -2.46. The number of rotatable bonds is 9. The molecule has 0 radical (unpaired) electrons. The first-order valence-corrected chi connectivity index (χ1v) is 10.6. The molecule has 0 bridgehead atoms. The number of nitrogens with zero attached hydrogens (tertiary/aromatic N) is 2. The minimum absolute atomic E-state index is 0.0382. The van der Waals surface area contributed by atoms with Crippen LogP contribution >= 0.6 is 0 Å². The highest BCUT2D eigenvalue weighted by Crippen LogP contribution is 2.17. The van der Waals surface area contributed by atoms with E-state index < -0.39 is 29.1 Å². The van der Waals surface area contributed by atoms with E-state index in [1.54, 1.807) is 4.90 Å². The molecule has 2 amide bonds. The normalized spacial score (nSPS) is 11.6. The Morgan fingerprint density at radius 3 is 2.00 bits per heavy atom. The Morgan fingerprint density at radius 1 is 1.03 bits per heavy atom. The molecule has 0 fully saturated rings. The number of esters is 1. The zero-order chi connectivity index (χ0) is 22.4. The molecule has 10 heteroatoms. The molecule has 0 saturated heterocycles. The summed E-state index contributed by atoms with van der Waals surface area (Å²) >= 11 is 0. The first kappa shape index (κ1) is 24.6. The van der Waals surface area contributed by atoms with E-state index in [0.717, 1.165) is 4.31 Å². The summed E-state index contributed by atoms with van der Waals surface area (Å²) in [5.41, 5.74) is 0.455. The number of hydrogen-bond acceptors (Lipinski definition) is 6. The average Bonchev–Trinajstić information content (AvgIpc) is 2.59. The Balaban J connectivity index is 2.71. The fourth-order valence-electron chi connectivity index (χ4n) is 2.79. The minimum atomic E-state index is -3.94. The molecule has 29 heavy (non-hydrogen) atoms. The molecular formula is C19H29N3O6S. The van der Waals surface area contributed by atoms with Gasteiger partial charge < -0.3 is 15.0 Å². The van der Waals surface area contributed by atoms with Crippen molar-refractivity contribution in [3.8, 4) is 0 Å². The van der Waals surface area contributed by atoms with Crippen LogP contribution in [0, 0.1) is 0 Å². The van der Waals surface area contributed by atoms with Gasteiger partial charge in [-0.05, 0) is 52.0 Å². The van der Waals surface area contributed by atoms with Crippen molar-refractivity contribution in [2.24, 2.45) is 0 Å². The maximum absolute atomic E-state index is 12.6. The summed E-state index contributed by atoms with van der Waals surface area (Å²) in [5.74, 6) is -1.45. The molecule has 1 aromatic rings. The summed E-state index contributed by atoms with van der Waals surface area (Å²) in [6.45, 7) is 7.79. The second-order valence-electron chi connectivity index (χ2n) is 7.12. The van der Waals surface area contributed by atoms with Gasteiger partial charge in [0.05, 0.1) is 4.90 Å². The van der Waals surface area contributed by atoms with E-state index in [1.807, 2.05) is 27.7 Å². The molecule has 162 valence electrons. The molecule has 0 spiro atoms. The molecule has 9 nitrogen and oxygen atoms in total. The van der Waals surface area contributed by atoms with E-state index in [4.69, 9.17) is 4.74 Å².